The quantitative estimate of drug-likeness (QED) is 0.416. The number of nitrogens with two attached hydrogens (primary N) is 1. The maximum absolute atomic E-state index is 12.8. The number of aromatic nitrogens is 4. The number of aliphatic hydroxyl groups excluding tert-OH is 1. The number of imidazole rings is 1. The zero-order valence-electron chi connectivity index (χ0n) is 18.8. The number of rotatable bonds is 5. The normalized spacial score (nSPS) is 18.1. The molecule has 1 saturated carbocycles. The number of hydrogen-bond acceptors (Lipinski definition) is 7. The zero-order chi connectivity index (χ0) is 23.7. The van der Waals surface area contributed by atoms with Gasteiger partial charge in [0.15, 0.2) is 0 Å². The number of benzene rings is 1. The molecule has 0 radical (unpaired) electrons. The third-order valence-electron chi connectivity index (χ3n) is 6.30. The van der Waals surface area contributed by atoms with Crippen LogP contribution in [-0.4, -0.2) is 43.6 Å². The Balaban J connectivity index is 1.54. The second-order valence-corrected chi connectivity index (χ2v) is 8.44. The van der Waals surface area contributed by atoms with Gasteiger partial charge in [-0.3, -0.25) is 9.20 Å². The first-order chi connectivity index (χ1) is 16.5. The molecular formula is C25H26N6O3. The van der Waals surface area contributed by atoms with Crippen molar-refractivity contribution in [2.45, 2.75) is 37.7 Å². The molecule has 9 nitrogen and oxygen atoms in total. The average Bonchev–Trinajstić information content (AvgIpc) is 3.26. The van der Waals surface area contributed by atoms with Gasteiger partial charge in [-0.1, -0.05) is 12.1 Å². The lowest BCUT2D eigenvalue weighted by atomic mass is 9.87. The van der Waals surface area contributed by atoms with E-state index in [1.54, 1.807) is 42.7 Å². The van der Waals surface area contributed by atoms with E-state index in [0.29, 0.717) is 28.6 Å². The molecule has 0 spiro atoms. The van der Waals surface area contributed by atoms with Crippen molar-refractivity contribution in [2.24, 2.45) is 0 Å². The van der Waals surface area contributed by atoms with Crippen LogP contribution in [0, 0.1) is 0 Å². The van der Waals surface area contributed by atoms with E-state index in [2.05, 4.69) is 15.3 Å². The van der Waals surface area contributed by atoms with E-state index in [0.717, 1.165) is 42.6 Å². The van der Waals surface area contributed by atoms with Crippen LogP contribution in [0.3, 0.4) is 0 Å². The number of aliphatic hydroxyl groups is 1. The van der Waals surface area contributed by atoms with E-state index in [1.807, 2.05) is 16.7 Å². The largest absolute Gasteiger partial charge is 0.496 e. The number of nitrogen functional groups attached to an aromatic ring is 1. The van der Waals surface area contributed by atoms with Crippen LogP contribution in [0.4, 0.5) is 11.6 Å². The summed E-state index contributed by atoms with van der Waals surface area (Å²) in [4.78, 5) is 26.2. The van der Waals surface area contributed by atoms with Crippen LogP contribution in [0.15, 0.2) is 55.0 Å². The zero-order valence-corrected chi connectivity index (χ0v) is 18.8. The predicted octanol–water partition coefficient (Wildman–Crippen LogP) is 3.65. The highest BCUT2D eigenvalue weighted by molar-refractivity contribution is 6.06. The Labute approximate surface area is 196 Å². The van der Waals surface area contributed by atoms with Gasteiger partial charge in [-0.05, 0) is 49.9 Å². The van der Waals surface area contributed by atoms with Crippen molar-refractivity contribution >= 4 is 23.1 Å². The number of amides is 1. The van der Waals surface area contributed by atoms with E-state index >= 15 is 0 Å². The highest BCUT2D eigenvalue weighted by Gasteiger charge is 2.27. The number of fused-ring (bicyclic) bond motifs is 1. The number of carbonyl (C=O) groups is 1. The SMILES string of the molecule is COc1cc(-c2nc([C@H]3CC[C@H](O)CC3)n3ccnc(N)c23)ccc1C(=O)Nc1ccccn1. The Morgan fingerprint density at radius 2 is 1.97 bits per heavy atom. The Kier molecular flexibility index (Phi) is 5.85. The minimum atomic E-state index is -0.320. The van der Waals surface area contributed by atoms with Gasteiger partial charge < -0.3 is 20.9 Å². The van der Waals surface area contributed by atoms with Crippen LogP contribution in [0.2, 0.25) is 0 Å². The van der Waals surface area contributed by atoms with Gasteiger partial charge in [0.05, 0.1) is 18.8 Å². The lowest BCUT2D eigenvalue weighted by Gasteiger charge is -2.24. The van der Waals surface area contributed by atoms with Crippen LogP contribution < -0.4 is 15.8 Å². The fourth-order valence-electron chi connectivity index (χ4n) is 4.56. The molecule has 3 heterocycles. The minimum Gasteiger partial charge on any atom is -0.496 e. The molecule has 4 aromatic rings. The lowest BCUT2D eigenvalue weighted by Crippen LogP contribution is -2.18. The van der Waals surface area contributed by atoms with E-state index in [-0.39, 0.29) is 17.9 Å². The van der Waals surface area contributed by atoms with Gasteiger partial charge in [0.1, 0.15) is 34.4 Å². The molecular weight excluding hydrogens is 432 g/mol. The summed E-state index contributed by atoms with van der Waals surface area (Å²) in [6.07, 6.45) is 8.13. The van der Waals surface area contributed by atoms with Gasteiger partial charge in [0.2, 0.25) is 0 Å². The molecule has 4 N–H and O–H groups in total. The summed E-state index contributed by atoms with van der Waals surface area (Å²) in [6, 6.07) is 10.6. The van der Waals surface area contributed by atoms with Crippen LogP contribution in [0.1, 0.15) is 47.8 Å². The fourth-order valence-corrected chi connectivity index (χ4v) is 4.56. The first kappa shape index (κ1) is 21.8. The monoisotopic (exact) mass is 458 g/mol. The number of nitrogens with zero attached hydrogens (tertiary/aromatic N) is 4. The molecule has 0 aliphatic heterocycles. The van der Waals surface area contributed by atoms with Gasteiger partial charge in [0, 0.05) is 30.1 Å². The molecule has 9 heteroatoms. The molecule has 1 aliphatic carbocycles. The Hall–Kier alpha value is -3.98. The number of carbonyl (C=O) groups excluding carboxylic acids is 1. The van der Waals surface area contributed by atoms with Gasteiger partial charge in [-0.25, -0.2) is 15.0 Å². The van der Waals surface area contributed by atoms with Gasteiger partial charge >= 0.3 is 0 Å². The molecule has 174 valence electrons. The second-order valence-electron chi connectivity index (χ2n) is 8.44. The van der Waals surface area contributed by atoms with E-state index < -0.39 is 0 Å². The highest BCUT2D eigenvalue weighted by atomic mass is 16.5. The summed E-state index contributed by atoms with van der Waals surface area (Å²) in [5, 5.41) is 12.7. The summed E-state index contributed by atoms with van der Waals surface area (Å²) in [6.45, 7) is 0. The number of hydrogen-bond donors (Lipinski definition) is 3. The third kappa shape index (κ3) is 4.06. The Morgan fingerprint density at radius 3 is 2.71 bits per heavy atom. The summed E-state index contributed by atoms with van der Waals surface area (Å²) in [5.74, 6) is 2.05. The first-order valence-electron chi connectivity index (χ1n) is 11.3. The lowest BCUT2D eigenvalue weighted by molar-refractivity contribution is 0.102. The molecule has 0 unspecified atom stereocenters. The van der Waals surface area contributed by atoms with Crippen LogP contribution in [0.5, 0.6) is 5.75 Å². The standard InChI is InChI=1S/C25H26N6O3/c1-34-19-14-16(7-10-18(19)25(33)29-20-4-2-3-11-27-20)21-22-23(26)28-12-13-31(22)24(30-21)15-5-8-17(32)9-6-15/h2-4,7,10-15,17,32H,5-6,8-9H2,1H3,(H2,26,28)(H,27,29,33)/t15-,17-. The maximum atomic E-state index is 12.8. The number of ether oxygens (including phenoxy) is 1. The van der Waals surface area contributed by atoms with Crippen molar-refractivity contribution in [2.75, 3.05) is 18.2 Å². The highest BCUT2D eigenvalue weighted by Crippen LogP contribution is 2.38. The molecule has 3 aromatic heterocycles. The molecule has 0 bridgehead atoms. The van der Waals surface area contributed by atoms with Crippen LogP contribution in [-0.2, 0) is 0 Å². The van der Waals surface area contributed by atoms with Crippen molar-refractivity contribution < 1.29 is 14.6 Å². The van der Waals surface area contributed by atoms with Crippen molar-refractivity contribution in [1.29, 1.82) is 0 Å². The van der Waals surface area contributed by atoms with Gasteiger partial charge in [0.25, 0.3) is 5.91 Å². The summed E-state index contributed by atoms with van der Waals surface area (Å²) in [7, 11) is 1.52. The molecule has 5 rings (SSSR count). The number of nitrogens with one attached hydrogen (secondary N) is 1. The Bertz CT molecular complexity index is 1330. The molecule has 1 amide bonds. The van der Waals surface area contributed by atoms with Crippen molar-refractivity contribution in [3.8, 4) is 17.0 Å². The van der Waals surface area contributed by atoms with Crippen molar-refractivity contribution in [1.82, 2.24) is 19.4 Å². The first-order valence-corrected chi connectivity index (χ1v) is 11.3. The van der Waals surface area contributed by atoms with Crippen molar-refractivity contribution in [3.05, 3.63) is 66.4 Å². The number of anilines is 2. The fraction of sp³-hybridized carbons (Fsp3) is 0.280. The van der Waals surface area contributed by atoms with E-state index in [4.69, 9.17) is 15.5 Å². The molecule has 0 saturated heterocycles. The molecule has 1 aromatic carbocycles. The average molecular weight is 459 g/mol. The Morgan fingerprint density at radius 1 is 1.15 bits per heavy atom. The van der Waals surface area contributed by atoms with E-state index in [9.17, 15) is 9.90 Å². The molecule has 1 fully saturated rings. The van der Waals surface area contributed by atoms with Gasteiger partial charge in [-0.2, -0.15) is 0 Å². The number of methoxy groups -OCH3 is 1. The molecule has 0 atom stereocenters. The van der Waals surface area contributed by atoms with Crippen molar-refractivity contribution in [3.63, 3.8) is 0 Å². The topological polar surface area (TPSA) is 128 Å². The second kappa shape index (κ2) is 9.11. The summed E-state index contributed by atoms with van der Waals surface area (Å²) < 4.78 is 7.55. The predicted molar refractivity (Wildman–Crippen MR) is 129 cm³/mol. The smallest absolute Gasteiger partial charge is 0.260 e. The van der Waals surface area contributed by atoms with Crippen LogP contribution >= 0.6 is 0 Å². The molecule has 1 aliphatic rings. The third-order valence-corrected chi connectivity index (χ3v) is 6.30. The van der Waals surface area contributed by atoms with Gasteiger partial charge in [-0.15, -0.1) is 0 Å². The summed E-state index contributed by atoms with van der Waals surface area (Å²) in [5.41, 5.74) is 8.83. The van der Waals surface area contributed by atoms with Crippen LogP contribution in [0.25, 0.3) is 16.8 Å². The minimum absolute atomic E-state index is 0.219. The maximum Gasteiger partial charge on any atom is 0.260 e. The number of pyridine rings is 1. The van der Waals surface area contributed by atoms with E-state index in [1.165, 1.54) is 7.11 Å². The summed E-state index contributed by atoms with van der Waals surface area (Å²) >= 11 is 0. The molecule has 34 heavy (non-hydrogen) atoms.